The quantitative estimate of drug-likeness (QED) is 0.405. The first kappa shape index (κ1) is 17.6. The van der Waals surface area contributed by atoms with E-state index in [2.05, 4.69) is 9.97 Å². The molecule has 1 N–H and O–H groups in total. The van der Waals surface area contributed by atoms with E-state index in [1.165, 1.54) is 12.1 Å². The van der Waals surface area contributed by atoms with Gasteiger partial charge in [0.25, 0.3) is 5.69 Å². The van der Waals surface area contributed by atoms with Crippen LogP contribution in [0.25, 0.3) is 22.6 Å². The van der Waals surface area contributed by atoms with Crippen LogP contribution in [-0.4, -0.2) is 27.5 Å². The fraction of sp³-hybridized carbons (Fsp3) is 0.111. The number of nitro groups is 1. The van der Waals surface area contributed by atoms with E-state index in [4.69, 9.17) is 16.3 Å². The Hall–Kier alpha value is -3.19. The summed E-state index contributed by atoms with van der Waals surface area (Å²) in [6, 6.07) is 12.9. The van der Waals surface area contributed by atoms with Crippen molar-refractivity contribution in [1.29, 1.82) is 0 Å². The third-order valence-corrected chi connectivity index (χ3v) is 3.89. The molecule has 3 aromatic rings. The lowest BCUT2D eigenvalue weighted by molar-refractivity contribution is -0.384. The zero-order valence-corrected chi connectivity index (χ0v) is 14.5. The monoisotopic (exact) mass is 371 g/mol. The molecule has 132 valence electrons. The van der Waals surface area contributed by atoms with Crippen LogP contribution < -0.4 is 0 Å². The van der Waals surface area contributed by atoms with Gasteiger partial charge in [0.15, 0.2) is 5.69 Å². The number of carbonyl (C=O) groups is 1. The van der Waals surface area contributed by atoms with Gasteiger partial charge >= 0.3 is 5.97 Å². The average molecular weight is 372 g/mol. The molecule has 0 radical (unpaired) electrons. The van der Waals surface area contributed by atoms with Crippen molar-refractivity contribution in [3.8, 4) is 22.6 Å². The van der Waals surface area contributed by atoms with Gasteiger partial charge in [-0.1, -0.05) is 35.9 Å². The molecule has 26 heavy (non-hydrogen) atoms. The van der Waals surface area contributed by atoms with Crippen molar-refractivity contribution < 1.29 is 14.5 Å². The van der Waals surface area contributed by atoms with E-state index in [0.717, 1.165) is 0 Å². The number of aromatic nitrogens is 2. The van der Waals surface area contributed by atoms with E-state index < -0.39 is 10.9 Å². The molecule has 1 heterocycles. The van der Waals surface area contributed by atoms with Crippen molar-refractivity contribution in [3.05, 3.63) is 69.4 Å². The van der Waals surface area contributed by atoms with Gasteiger partial charge in [0.2, 0.25) is 0 Å². The lowest BCUT2D eigenvalue weighted by Crippen LogP contribution is -2.06. The first-order valence-electron chi connectivity index (χ1n) is 7.77. The summed E-state index contributed by atoms with van der Waals surface area (Å²) in [7, 11) is 0. The van der Waals surface area contributed by atoms with Crippen LogP contribution in [0, 0.1) is 10.1 Å². The standard InChI is InChI=1S/C18H14ClN3O4/c1-2-26-18(23)16-15(11-6-8-13(19)9-7-11)20-17(21-16)12-4-3-5-14(10-12)22(24)25/h3-10H,2H2,1H3,(H,20,21). The number of halogens is 1. The summed E-state index contributed by atoms with van der Waals surface area (Å²) in [5, 5.41) is 11.6. The van der Waals surface area contributed by atoms with Crippen LogP contribution in [0.4, 0.5) is 5.69 Å². The molecule has 0 bridgehead atoms. The van der Waals surface area contributed by atoms with Crippen LogP contribution in [0.1, 0.15) is 17.4 Å². The first-order chi connectivity index (χ1) is 12.5. The molecule has 0 saturated heterocycles. The lowest BCUT2D eigenvalue weighted by atomic mass is 10.1. The summed E-state index contributed by atoms with van der Waals surface area (Å²) >= 11 is 5.92. The molecule has 0 fully saturated rings. The fourth-order valence-electron chi connectivity index (χ4n) is 2.45. The first-order valence-corrected chi connectivity index (χ1v) is 8.15. The van der Waals surface area contributed by atoms with Gasteiger partial charge in [-0.05, 0) is 19.1 Å². The molecule has 3 rings (SSSR count). The summed E-state index contributed by atoms with van der Waals surface area (Å²) in [5.41, 5.74) is 1.69. The summed E-state index contributed by atoms with van der Waals surface area (Å²) < 4.78 is 5.07. The normalized spacial score (nSPS) is 10.5. The van der Waals surface area contributed by atoms with Crippen LogP contribution in [-0.2, 0) is 4.74 Å². The van der Waals surface area contributed by atoms with Crippen molar-refractivity contribution in [3.63, 3.8) is 0 Å². The second kappa shape index (κ2) is 7.37. The van der Waals surface area contributed by atoms with E-state index in [-0.39, 0.29) is 18.0 Å². The summed E-state index contributed by atoms with van der Waals surface area (Å²) in [5.74, 6) is -0.243. The molecule has 0 atom stereocenters. The summed E-state index contributed by atoms with van der Waals surface area (Å²) in [6.45, 7) is 1.91. The van der Waals surface area contributed by atoms with Crippen molar-refractivity contribution in [2.45, 2.75) is 6.92 Å². The minimum Gasteiger partial charge on any atom is -0.461 e. The van der Waals surface area contributed by atoms with Crippen molar-refractivity contribution in [2.75, 3.05) is 6.61 Å². The number of imidazole rings is 1. The van der Waals surface area contributed by atoms with Gasteiger partial charge in [0.05, 0.1) is 17.2 Å². The van der Waals surface area contributed by atoms with Gasteiger partial charge in [0.1, 0.15) is 5.82 Å². The van der Waals surface area contributed by atoms with Gasteiger partial charge in [-0.25, -0.2) is 9.78 Å². The smallest absolute Gasteiger partial charge is 0.359 e. The van der Waals surface area contributed by atoms with Gasteiger partial charge in [0, 0.05) is 28.3 Å². The number of esters is 1. The number of hydrogen-bond acceptors (Lipinski definition) is 5. The molecular weight excluding hydrogens is 358 g/mol. The number of rotatable bonds is 5. The Morgan fingerprint density at radius 2 is 1.96 bits per heavy atom. The summed E-state index contributed by atoms with van der Waals surface area (Å²) in [4.78, 5) is 30.2. The molecule has 0 saturated carbocycles. The highest BCUT2D eigenvalue weighted by Crippen LogP contribution is 2.29. The number of hydrogen-bond donors (Lipinski definition) is 1. The van der Waals surface area contributed by atoms with Crippen molar-refractivity contribution in [2.24, 2.45) is 0 Å². The number of nitro benzene ring substituents is 1. The van der Waals surface area contributed by atoms with Gasteiger partial charge in [-0.2, -0.15) is 0 Å². The molecule has 0 unspecified atom stereocenters. The topological polar surface area (TPSA) is 98.1 Å². The second-order valence-corrected chi connectivity index (χ2v) is 5.78. The van der Waals surface area contributed by atoms with Crippen molar-refractivity contribution in [1.82, 2.24) is 9.97 Å². The average Bonchev–Trinajstić information content (AvgIpc) is 3.08. The number of ether oxygens (including phenoxy) is 1. The number of H-pyrrole nitrogens is 1. The molecule has 2 aromatic carbocycles. The Kier molecular flexibility index (Phi) is 4.99. The minimum absolute atomic E-state index is 0.0652. The molecule has 1 aromatic heterocycles. The van der Waals surface area contributed by atoms with Crippen LogP contribution in [0.2, 0.25) is 5.02 Å². The molecule has 0 aliphatic rings. The minimum atomic E-state index is -0.578. The zero-order chi connectivity index (χ0) is 18.7. The van der Waals surface area contributed by atoms with Crippen molar-refractivity contribution >= 4 is 23.3 Å². The molecule has 8 heteroatoms. The highest BCUT2D eigenvalue weighted by Gasteiger charge is 2.21. The van der Waals surface area contributed by atoms with E-state index in [1.54, 1.807) is 43.3 Å². The molecule has 7 nitrogen and oxygen atoms in total. The Morgan fingerprint density at radius 1 is 1.23 bits per heavy atom. The Balaban J connectivity index is 2.12. The maximum absolute atomic E-state index is 12.3. The van der Waals surface area contributed by atoms with Crippen LogP contribution in [0.5, 0.6) is 0 Å². The molecule has 0 aliphatic carbocycles. The molecule has 0 aliphatic heterocycles. The number of carbonyl (C=O) groups excluding carboxylic acids is 1. The number of nitrogens with one attached hydrogen (secondary N) is 1. The number of nitrogens with zero attached hydrogens (tertiary/aromatic N) is 2. The largest absolute Gasteiger partial charge is 0.461 e. The predicted octanol–water partition coefficient (Wildman–Crippen LogP) is 4.48. The maximum atomic E-state index is 12.3. The number of benzene rings is 2. The predicted molar refractivity (Wildman–Crippen MR) is 97.1 cm³/mol. The Morgan fingerprint density at radius 3 is 2.62 bits per heavy atom. The lowest BCUT2D eigenvalue weighted by Gasteiger charge is -2.02. The number of aromatic amines is 1. The SMILES string of the molecule is CCOC(=O)c1nc(-c2cccc([N+](=O)[O-])c2)[nH]c1-c1ccc(Cl)cc1. The maximum Gasteiger partial charge on any atom is 0.359 e. The molecule has 0 spiro atoms. The number of non-ortho nitro benzene ring substituents is 1. The van der Waals surface area contributed by atoms with Gasteiger partial charge in [-0.15, -0.1) is 0 Å². The van der Waals surface area contributed by atoms with Crippen LogP contribution >= 0.6 is 11.6 Å². The summed E-state index contributed by atoms with van der Waals surface area (Å²) in [6.07, 6.45) is 0. The van der Waals surface area contributed by atoms with Crippen LogP contribution in [0.3, 0.4) is 0 Å². The second-order valence-electron chi connectivity index (χ2n) is 5.34. The van der Waals surface area contributed by atoms with E-state index >= 15 is 0 Å². The fourth-order valence-corrected chi connectivity index (χ4v) is 2.58. The van der Waals surface area contributed by atoms with E-state index in [9.17, 15) is 14.9 Å². The highest BCUT2D eigenvalue weighted by atomic mass is 35.5. The molecule has 0 amide bonds. The highest BCUT2D eigenvalue weighted by molar-refractivity contribution is 6.30. The Bertz CT molecular complexity index is 967. The van der Waals surface area contributed by atoms with E-state index in [1.807, 2.05) is 0 Å². The zero-order valence-electron chi connectivity index (χ0n) is 13.7. The third-order valence-electron chi connectivity index (χ3n) is 3.64. The third kappa shape index (κ3) is 3.57. The van der Waals surface area contributed by atoms with Crippen LogP contribution in [0.15, 0.2) is 48.5 Å². The van der Waals surface area contributed by atoms with Gasteiger partial charge < -0.3 is 9.72 Å². The van der Waals surface area contributed by atoms with E-state index in [0.29, 0.717) is 27.7 Å². The molecular formula is C18H14ClN3O4. The van der Waals surface area contributed by atoms with Gasteiger partial charge in [-0.3, -0.25) is 10.1 Å². The Labute approximate surface area is 153 Å².